The Labute approximate surface area is 149 Å². The number of nitrogens with one attached hydrogen (secondary N) is 1. The Hall–Kier alpha value is -1.92. The predicted molar refractivity (Wildman–Crippen MR) is 94.8 cm³/mol. The Morgan fingerprint density at radius 3 is 2.88 bits per heavy atom. The normalized spacial score (nSPS) is 26.2. The minimum Gasteiger partial charge on any atom is -0.383 e. The van der Waals surface area contributed by atoms with Gasteiger partial charge in [-0.2, -0.15) is 0 Å². The van der Waals surface area contributed by atoms with Gasteiger partial charge in [-0.3, -0.25) is 14.5 Å². The smallest absolute Gasteiger partial charge is 0.245 e. The molecule has 25 heavy (non-hydrogen) atoms. The van der Waals surface area contributed by atoms with Gasteiger partial charge in [0, 0.05) is 33.8 Å². The summed E-state index contributed by atoms with van der Waals surface area (Å²) in [6.45, 7) is 3.50. The zero-order chi connectivity index (χ0) is 17.9. The summed E-state index contributed by atoms with van der Waals surface area (Å²) in [5.41, 5.74) is 0.835. The monoisotopic (exact) mass is 345 g/mol. The highest BCUT2D eigenvalue weighted by Crippen LogP contribution is 2.40. The van der Waals surface area contributed by atoms with Gasteiger partial charge in [0.1, 0.15) is 6.04 Å². The number of hydrogen-bond acceptors (Lipinski definition) is 4. The number of likely N-dealkylation sites (tertiary alicyclic amines) is 1. The highest BCUT2D eigenvalue weighted by atomic mass is 16.5. The van der Waals surface area contributed by atoms with Gasteiger partial charge in [-0.1, -0.05) is 30.3 Å². The molecule has 0 aromatic heterocycles. The molecule has 1 N–H and O–H groups in total. The van der Waals surface area contributed by atoms with Crippen molar-refractivity contribution in [2.75, 3.05) is 40.4 Å². The molecule has 0 unspecified atom stereocenters. The van der Waals surface area contributed by atoms with Crippen LogP contribution in [0.1, 0.15) is 18.4 Å². The van der Waals surface area contributed by atoms with Gasteiger partial charge < -0.3 is 15.0 Å². The van der Waals surface area contributed by atoms with E-state index in [1.807, 2.05) is 18.2 Å². The van der Waals surface area contributed by atoms with E-state index in [0.717, 1.165) is 26.1 Å². The van der Waals surface area contributed by atoms with Crippen LogP contribution >= 0.6 is 0 Å². The first kappa shape index (κ1) is 17.9. The fourth-order valence-electron chi connectivity index (χ4n) is 3.89. The zero-order valence-corrected chi connectivity index (χ0v) is 15.0. The maximum Gasteiger partial charge on any atom is 0.245 e. The molecule has 0 aliphatic carbocycles. The van der Waals surface area contributed by atoms with Crippen LogP contribution in [0.25, 0.3) is 0 Å². The average Bonchev–Trinajstić information content (AvgIpc) is 3.17. The molecule has 2 aliphatic rings. The van der Waals surface area contributed by atoms with Crippen molar-refractivity contribution < 1.29 is 14.3 Å². The molecule has 2 saturated heterocycles. The van der Waals surface area contributed by atoms with Crippen molar-refractivity contribution >= 4 is 11.8 Å². The molecular formula is C19H27N3O3. The molecule has 0 saturated carbocycles. The minimum absolute atomic E-state index is 0.0243. The van der Waals surface area contributed by atoms with Crippen molar-refractivity contribution in [1.29, 1.82) is 0 Å². The number of carbonyl (C=O) groups excluding carboxylic acids is 2. The number of hydrogen-bond donors (Lipinski definition) is 1. The van der Waals surface area contributed by atoms with Gasteiger partial charge in [-0.05, 0) is 24.9 Å². The predicted octanol–water partition coefficient (Wildman–Crippen LogP) is 0.872. The van der Waals surface area contributed by atoms with Crippen LogP contribution in [0.2, 0.25) is 0 Å². The summed E-state index contributed by atoms with van der Waals surface area (Å²) in [4.78, 5) is 29.1. The van der Waals surface area contributed by atoms with E-state index in [2.05, 4.69) is 22.3 Å². The number of benzene rings is 1. The van der Waals surface area contributed by atoms with E-state index in [0.29, 0.717) is 19.6 Å². The Kier molecular flexibility index (Phi) is 5.39. The van der Waals surface area contributed by atoms with Gasteiger partial charge in [0.15, 0.2) is 0 Å². The second-order valence-electron chi connectivity index (χ2n) is 7.21. The minimum atomic E-state index is -0.419. The summed E-state index contributed by atoms with van der Waals surface area (Å²) in [7, 11) is 3.37. The summed E-state index contributed by atoms with van der Waals surface area (Å²) >= 11 is 0. The summed E-state index contributed by atoms with van der Waals surface area (Å²) in [5.74, 6) is 0.00494. The Morgan fingerprint density at radius 1 is 1.40 bits per heavy atom. The first-order chi connectivity index (χ1) is 12.0. The Balaban J connectivity index is 1.60. The molecule has 0 radical (unpaired) electrons. The third-order valence-corrected chi connectivity index (χ3v) is 5.37. The van der Waals surface area contributed by atoms with Crippen molar-refractivity contribution in [3.8, 4) is 0 Å². The third kappa shape index (κ3) is 3.85. The molecule has 2 fully saturated rings. The fourth-order valence-corrected chi connectivity index (χ4v) is 3.89. The lowest BCUT2D eigenvalue weighted by atomic mass is 9.83. The summed E-state index contributed by atoms with van der Waals surface area (Å²) < 4.78 is 5.02. The maximum atomic E-state index is 12.6. The number of amides is 2. The number of rotatable bonds is 6. The van der Waals surface area contributed by atoms with Crippen LogP contribution < -0.4 is 5.32 Å². The van der Waals surface area contributed by atoms with Crippen LogP contribution in [0.15, 0.2) is 30.3 Å². The third-order valence-electron chi connectivity index (χ3n) is 5.37. The summed E-state index contributed by atoms with van der Waals surface area (Å²) in [6.07, 6.45) is 1.41. The lowest BCUT2D eigenvalue weighted by molar-refractivity contribution is -0.133. The second kappa shape index (κ2) is 7.54. The van der Waals surface area contributed by atoms with Crippen LogP contribution in [0.5, 0.6) is 0 Å². The first-order valence-corrected chi connectivity index (χ1v) is 8.85. The van der Waals surface area contributed by atoms with Crippen LogP contribution in [0, 0.1) is 5.41 Å². The lowest BCUT2D eigenvalue weighted by Gasteiger charge is -2.23. The molecule has 6 nitrogen and oxygen atoms in total. The van der Waals surface area contributed by atoms with Gasteiger partial charge in [-0.15, -0.1) is 0 Å². The van der Waals surface area contributed by atoms with E-state index in [-0.39, 0.29) is 11.8 Å². The number of methoxy groups -OCH3 is 1. The molecule has 1 aromatic carbocycles. The van der Waals surface area contributed by atoms with E-state index in [9.17, 15) is 9.59 Å². The molecule has 1 aromatic rings. The highest BCUT2D eigenvalue weighted by molar-refractivity contribution is 5.94. The second-order valence-corrected chi connectivity index (χ2v) is 7.21. The van der Waals surface area contributed by atoms with E-state index in [1.54, 1.807) is 19.1 Å². The molecule has 0 bridgehead atoms. The van der Waals surface area contributed by atoms with Crippen LogP contribution in [-0.2, 0) is 20.9 Å². The largest absolute Gasteiger partial charge is 0.383 e. The van der Waals surface area contributed by atoms with Gasteiger partial charge >= 0.3 is 0 Å². The maximum absolute atomic E-state index is 12.6. The SMILES string of the molecule is COCCN(C)C(=O)[C@@H]1C[C@@]2(CCN(Cc3ccccc3)C2)C(=O)N1. The van der Waals surface area contributed by atoms with E-state index in [1.165, 1.54) is 5.56 Å². The quantitative estimate of drug-likeness (QED) is 0.831. The molecule has 3 rings (SSSR count). The molecule has 2 atom stereocenters. The Bertz CT molecular complexity index is 622. The fraction of sp³-hybridized carbons (Fsp3) is 0.579. The van der Waals surface area contributed by atoms with E-state index >= 15 is 0 Å². The molecular weight excluding hydrogens is 318 g/mol. The van der Waals surface area contributed by atoms with Crippen LogP contribution in [0.3, 0.4) is 0 Å². The standard InChI is InChI=1S/C19H27N3O3/c1-21(10-11-25-2)17(23)16-12-19(18(24)20-16)8-9-22(14-19)13-15-6-4-3-5-7-15/h3-7,16H,8-14H2,1-2H3,(H,20,24)/t16-,19+/m0/s1. The topological polar surface area (TPSA) is 61.9 Å². The molecule has 136 valence electrons. The van der Waals surface area contributed by atoms with Crippen molar-refractivity contribution in [3.63, 3.8) is 0 Å². The summed E-state index contributed by atoms with van der Waals surface area (Å²) in [5, 5.41) is 2.93. The first-order valence-electron chi connectivity index (χ1n) is 8.85. The number of carbonyl (C=O) groups is 2. The number of ether oxygens (including phenoxy) is 1. The molecule has 2 aliphatic heterocycles. The number of likely N-dealkylation sites (N-methyl/N-ethyl adjacent to an activating group) is 1. The molecule has 1 spiro atoms. The zero-order valence-electron chi connectivity index (χ0n) is 15.0. The van der Waals surface area contributed by atoms with Gasteiger partial charge in [0.2, 0.25) is 11.8 Å². The van der Waals surface area contributed by atoms with Crippen molar-refractivity contribution in [2.24, 2.45) is 5.41 Å². The average molecular weight is 345 g/mol. The molecule has 2 heterocycles. The van der Waals surface area contributed by atoms with Crippen molar-refractivity contribution in [1.82, 2.24) is 15.1 Å². The molecule has 2 amide bonds. The van der Waals surface area contributed by atoms with E-state index < -0.39 is 11.5 Å². The van der Waals surface area contributed by atoms with Crippen molar-refractivity contribution in [3.05, 3.63) is 35.9 Å². The van der Waals surface area contributed by atoms with Crippen molar-refractivity contribution in [2.45, 2.75) is 25.4 Å². The van der Waals surface area contributed by atoms with Crippen LogP contribution in [0.4, 0.5) is 0 Å². The van der Waals surface area contributed by atoms with Crippen LogP contribution in [-0.4, -0.2) is 68.1 Å². The summed E-state index contributed by atoms with van der Waals surface area (Å²) in [6, 6.07) is 9.89. The van der Waals surface area contributed by atoms with Gasteiger partial charge in [-0.25, -0.2) is 0 Å². The van der Waals surface area contributed by atoms with E-state index in [4.69, 9.17) is 4.74 Å². The molecule has 6 heteroatoms. The van der Waals surface area contributed by atoms with Gasteiger partial charge in [0.05, 0.1) is 12.0 Å². The lowest BCUT2D eigenvalue weighted by Crippen LogP contribution is -2.43. The number of nitrogens with zero attached hydrogens (tertiary/aromatic N) is 2. The highest BCUT2D eigenvalue weighted by Gasteiger charge is 2.52. The van der Waals surface area contributed by atoms with Gasteiger partial charge in [0.25, 0.3) is 0 Å². The Morgan fingerprint density at radius 2 is 2.16 bits per heavy atom.